The van der Waals surface area contributed by atoms with E-state index in [1.165, 1.54) is 17.6 Å². The van der Waals surface area contributed by atoms with Gasteiger partial charge in [-0.15, -0.1) is 0 Å². The van der Waals surface area contributed by atoms with Crippen molar-refractivity contribution in [3.63, 3.8) is 0 Å². The molecule has 0 heterocycles. The molecule has 1 aromatic rings. The van der Waals surface area contributed by atoms with Gasteiger partial charge in [-0.3, -0.25) is 0 Å². The summed E-state index contributed by atoms with van der Waals surface area (Å²) in [6.45, 7) is 9.26. The first-order valence-electron chi connectivity index (χ1n) is 6.87. The predicted octanol–water partition coefficient (Wildman–Crippen LogP) is 3.88. The van der Waals surface area contributed by atoms with Crippen LogP contribution in [-0.2, 0) is 0 Å². The third-order valence-electron chi connectivity index (χ3n) is 2.57. The molecule has 0 bridgehead atoms. The van der Waals surface area contributed by atoms with Crippen molar-refractivity contribution in [1.82, 2.24) is 5.32 Å². The summed E-state index contributed by atoms with van der Waals surface area (Å²) >= 11 is 0. The smallest absolute Gasteiger partial charge is 0.119 e. The topological polar surface area (TPSA) is 21.3 Å². The molecule has 0 saturated carbocycles. The molecule has 2 nitrogen and oxygen atoms in total. The molecular weight excluding hydrogens is 222 g/mol. The maximum atomic E-state index is 5.63. The average Bonchev–Trinajstić information content (AvgIpc) is 2.37. The van der Waals surface area contributed by atoms with Crippen LogP contribution in [0.4, 0.5) is 0 Å². The Labute approximate surface area is 111 Å². The van der Waals surface area contributed by atoms with Crippen molar-refractivity contribution >= 4 is 6.08 Å². The fraction of sp³-hybridized carbons (Fsp3) is 0.500. The van der Waals surface area contributed by atoms with Gasteiger partial charge < -0.3 is 10.1 Å². The van der Waals surface area contributed by atoms with Crippen LogP contribution in [0.5, 0.6) is 5.75 Å². The second kappa shape index (κ2) is 8.76. The summed E-state index contributed by atoms with van der Waals surface area (Å²) in [6.07, 6.45) is 4.43. The molecule has 0 aliphatic heterocycles. The highest BCUT2D eigenvalue weighted by Crippen LogP contribution is 2.15. The molecule has 0 saturated heterocycles. The molecule has 0 aromatic heterocycles. The molecule has 0 aliphatic carbocycles. The number of rotatable bonds is 8. The van der Waals surface area contributed by atoms with Crippen molar-refractivity contribution in [1.29, 1.82) is 0 Å². The third-order valence-corrected chi connectivity index (χ3v) is 2.57. The van der Waals surface area contributed by atoms with Gasteiger partial charge in [0, 0.05) is 6.54 Å². The van der Waals surface area contributed by atoms with E-state index in [1.54, 1.807) is 0 Å². The molecule has 0 fully saturated rings. The van der Waals surface area contributed by atoms with Gasteiger partial charge >= 0.3 is 0 Å². The van der Waals surface area contributed by atoms with Crippen LogP contribution in [-0.4, -0.2) is 19.7 Å². The predicted molar refractivity (Wildman–Crippen MR) is 79.0 cm³/mol. The maximum Gasteiger partial charge on any atom is 0.119 e. The van der Waals surface area contributed by atoms with Gasteiger partial charge in [0.25, 0.3) is 0 Å². The van der Waals surface area contributed by atoms with Gasteiger partial charge in [-0.05, 0) is 44.0 Å². The van der Waals surface area contributed by atoms with E-state index in [0.29, 0.717) is 0 Å². The lowest BCUT2D eigenvalue weighted by Gasteiger charge is -2.06. The monoisotopic (exact) mass is 247 g/mol. The lowest BCUT2D eigenvalue weighted by Crippen LogP contribution is -2.16. The number of hydrogen-bond donors (Lipinski definition) is 1. The first-order valence-corrected chi connectivity index (χ1v) is 6.87. The van der Waals surface area contributed by atoms with Crippen LogP contribution in [0.2, 0.25) is 0 Å². The average molecular weight is 247 g/mol. The summed E-state index contributed by atoms with van der Waals surface area (Å²) < 4.78 is 5.63. The Bertz CT molecular complexity index is 371. The quantitative estimate of drug-likeness (QED) is 0.704. The van der Waals surface area contributed by atoms with E-state index in [1.807, 2.05) is 12.1 Å². The largest absolute Gasteiger partial charge is 0.494 e. The van der Waals surface area contributed by atoms with Crippen molar-refractivity contribution in [2.45, 2.75) is 33.6 Å². The van der Waals surface area contributed by atoms with E-state index in [-0.39, 0.29) is 0 Å². The Kier molecular flexibility index (Phi) is 7.19. The summed E-state index contributed by atoms with van der Waals surface area (Å²) in [5.41, 5.74) is 2.55. The fourth-order valence-electron chi connectivity index (χ4n) is 1.71. The minimum absolute atomic E-state index is 0.782. The molecular formula is C16H25NO. The fourth-order valence-corrected chi connectivity index (χ4v) is 1.71. The minimum atomic E-state index is 0.782. The molecule has 0 radical (unpaired) electrons. The molecule has 1 N–H and O–H groups in total. The van der Waals surface area contributed by atoms with E-state index in [0.717, 1.165) is 31.9 Å². The Morgan fingerprint density at radius 2 is 2.11 bits per heavy atom. The molecule has 1 rings (SSSR count). The number of nitrogens with one attached hydrogen (secondary N) is 1. The summed E-state index contributed by atoms with van der Waals surface area (Å²) in [7, 11) is 0. The highest BCUT2D eigenvalue weighted by Gasteiger charge is 1.96. The zero-order valence-corrected chi connectivity index (χ0v) is 11.8. The van der Waals surface area contributed by atoms with Gasteiger partial charge in [0.1, 0.15) is 5.75 Å². The maximum absolute atomic E-state index is 5.63. The molecule has 1 aromatic carbocycles. The van der Waals surface area contributed by atoms with E-state index in [2.05, 4.69) is 44.3 Å². The normalized spacial score (nSPS) is 11.6. The summed E-state index contributed by atoms with van der Waals surface area (Å²) in [6, 6.07) is 8.27. The van der Waals surface area contributed by atoms with Crippen LogP contribution < -0.4 is 10.1 Å². The minimum Gasteiger partial charge on any atom is -0.494 e. The van der Waals surface area contributed by atoms with E-state index in [4.69, 9.17) is 4.74 Å². The lowest BCUT2D eigenvalue weighted by atomic mass is 10.1. The SMILES string of the molecule is CCCNCC(C)=Cc1cccc(OCCC)c1. The highest BCUT2D eigenvalue weighted by molar-refractivity contribution is 5.54. The molecule has 2 heteroatoms. The van der Waals surface area contributed by atoms with E-state index in [9.17, 15) is 0 Å². The van der Waals surface area contributed by atoms with Crippen molar-refractivity contribution in [3.8, 4) is 5.75 Å². The first kappa shape index (κ1) is 14.8. The third kappa shape index (κ3) is 5.87. The zero-order valence-electron chi connectivity index (χ0n) is 11.8. The van der Waals surface area contributed by atoms with E-state index < -0.39 is 0 Å². The van der Waals surface area contributed by atoms with Crippen LogP contribution in [0.1, 0.15) is 39.2 Å². The Balaban J connectivity index is 2.56. The number of hydrogen-bond acceptors (Lipinski definition) is 2. The summed E-state index contributed by atoms with van der Waals surface area (Å²) in [4.78, 5) is 0. The second-order valence-corrected chi connectivity index (χ2v) is 4.59. The molecule has 0 aliphatic rings. The van der Waals surface area contributed by atoms with Crippen LogP contribution in [0.15, 0.2) is 29.8 Å². The molecule has 0 unspecified atom stereocenters. The van der Waals surface area contributed by atoms with Crippen molar-refractivity contribution in [3.05, 3.63) is 35.4 Å². The Morgan fingerprint density at radius 1 is 1.28 bits per heavy atom. The van der Waals surface area contributed by atoms with Gasteiger partial charge in [-0.25, -0.2) is 0 Å². The van der Waals surface area contributed by atoms with Crippen molar-refractivity contribution in [2.24, 2.45) is 0 Å². The standard InChI is InChI=1S/C16H25NO/c1-4-9-17-13-14(3)11-15-7-6-8-16(12-15)18-10-5-2/h6-8,11-12,17H,4-5,9-10,13H2,1-3H3. The number of benzene rings is 1. The second-order valence-electron chi connectivity index (χ2n) is 4.59. The van der Waals surface area contributed by atoms with Gasteiger partial charge in [-0.1, -0.05) is 37.6 Å². The van der Waals surface area contributed by atoms with Crippen LogP contribution in [0, 0.1) is 0 Å². The number of ether oxygens (including phenoxy) is 1. The van der Waals surface area contributed by atoms with Gasteiger partial charge in [0.2, 0.25) is 0 Å². The molecule has 100 valence electrons. The van der Waals surface area contributed by atoms with Gasteiger partial charge in [-0.2, -0.15) is 0 Å². The van der Waals surface area contributed by atoms with Crippen LogP contribution >= 0.6 is 0 Å². The van der Waals surface area contributed by atoms with Crippen LogP contribution in [0.3, 0.4) is 0 Å². The van der Waals surface area contributed by atoms with Gasteiger partial charge in [0.05, 0.1) is 6.61 Å². The van der Waals surface area contributed by atoms with Crippen molar-refractivity contribution in [2.75, 3.05) is 19.7 Å². The molecule has 0 spiro atoms. The highest BCUT2D eigenvalue weighted by atomic mass is 16.5. The van der Waals surface area contributed by atoms with E-state index >= 15 is 0 Å². The first-order chi connectivity index (χ1) is 8.76. The van der Waals surface area contributed by atoms with Crippen molar-refractivity contribution < 1.29 is 4.74 Å². The van der Waals surface area contributed by atoms with Gasteiger partial charge in [0.15, 0.2) is 0 Å². The molecule has 0 amide bonds. The summed E-state index contributed by atoms with van der Waals surface area (Å²) in [5.74, 6) is 0.958. The lowest BCUT2D eigenvalue weighted by molar-refractivity contribution is 0.317. The molecule has 18 heavy (non-hydrogen) atoms. The molecule has 0 atom stereocenters. The summed E-state index contributed by atoms with van der Waals surface area (Å²) in [5, 5.41) is 3.40. The zero-order chi connectivity index (χ0) is 13.2. The van der Waals surface area contributed by atoms with Crippen LogP contribution in [0.25, 0.3) is 6.08 Å². The Hall–Kier alpha value is -1.28. The Morgan fingerprint density at radius 3 is 2.83 bits per heavy atom.